The lowest BCUT2D eigenvalue weighted by Crippen LogP contribution is -2.30. The zero-order valence-electron chi connectivity index (χ0n) is 49.0. The van der Waals surface area contributed by atoms with E-state index in [9.17, 15) is 4.79 Å². The molecule has 0 heterocycles. The van der Waals surface area contributed by atoms with E-state index in [0.29, 0.717) is 6.61 Å². The average molecular weight is 937 g/mol. The molecule has 0 bridgehead atoms. The summed E-state index contributed by atoms with van der Waals surface area (Å²) in [7, 11) is 2.75. The minimum atomic E-state index is -0.190. The van der Waals surface area contributed by atoms with E-state index in [-0.39, 0.29) is 18.0 Å². The van der Waals surface area contributed by atoms with Crippen LogP contribution in [0.25, 0.3) is 0 Å². The third kappa shape index (κ3) is 94.0. The molecule has 0 saturated carbocycles. The van der Waals surface area contributed by atoms with Gasteiger partial charge >= 0.3 is 5.97 Å². The molecule has 0 aliphatic heterocycles. The van der Waals surface area contributed by atoms with Gasteiger partial charge < -0.3 is 24.6 Å². The van der Waals surface area contributed by atoms with Gasteiger partial charge in [-0.25, -0.2) is 0 Å². The van der Waals surface area contributed by atoms with E-state index in [0.717, 1.165) is 65.0 Å². The van der Waals surface area contributed by atoms with Crippen LogP contribution in [-0.2, 0) is 14.3 Å². The van der Waals surface area contributed by atoms with E-state index < -0.39 is 0 Å². The van der Waals surface area contributed by atoms with Crippen molar-refractivity contribution in [3.8, 4) is 0 Å². The first-order valence-electron chi connectivity index (χ1n) is 29.1. The normalized spacial score (nSPS) is 10.9. The van der Waals surface area contributed by atoms with Crippen molar-refractivity contribution in [2.24, 2.45) is 11.8 Å². The number of hydrogen-bond donors (Lipinski definition) is 2. The molecule has 0 aromatic carbocycles. The summed E-state index contributed by atoms with van der Waals surface area (Å²) in [5, 5.41) is 15.9. The third-order valence-electron chi connectivity index (χ3n) is 11.1. The average Bonchev–Trinajstić information content (AvgIpc) is 3.33. The molecule has 0 saturated heterocycles. The molecule has 0 aromatic rings. The lowest BCUT2D eigenvalue weighted by Gasteiger charge is -2.18. The topological polar surface area (TPSA) is 79.2 Å². The quantitative estimate of drug-likeness (QED) is 0.0474. The standard InChI is InChI=1S/C18H36O2.C18H38.C7H17NO.C6H14O.C5H12.2C2H6.CH4O/c1-4-7-10-12-14-17(15-13-11-8-5-2)18(19)20-16-9-6-3;1-4-6-8-10-11-12-13-15-17-18(3)16-14-9-7-5-2;1-4-8(5-2)6-7(3)9;1-3-4-5-6-7-2;1-3-5-4-2;3*1-2/h17H,4-16H2,1-3H3;18H,4-17H2,1-3H3;7,9H,4-6H2,1-3H3;3-6H2,1-2H3;3-5H2,1-2H3;2*1-2H3;2H,1H3. The summed E-state index contributed by atoms with van der Waals surface area (Å²) in [6, 6.07) is 0. The first kappa shape index (κ1) is 81.3. The van der Waals surface area contributed by atoms with E-state index in [1.807, 2.05) is 34.6 Å². The molecule has 0 aliphatic rings. The predicted octanol–water partition coefficient (Wildman–Crippen LogP) is 19.4. The predicted molar refractivity (Wildman–Crippen MR) is 299 cm³/mol. The molecule has 65 heavy (non-hydrogen) atoms. The van der Waals surface area contributed by atoms with Gasteiger partial charge in [-0.15, -0.1) is 0 Å². The van der Waals surface area contributed by atoms with Crippen molar-refractivity contribution < 1.29 is 24.5 Å². The maximum absolute atomic E-state index is 12.1. The number of carbonyl (C=O) groups excluding carboxylic acids is 1. The molecule has 0 aliphatic carbocycles. The summed E-state index contributed by atoms with van der Waals surface area (Å²) in [4.78, 5) is 14.3. The van der Waals surface area contributed by atoms with Gasteiger partial charge in [0.15, 0.2) is 0 Å². The Hall–Kier alpha value is -0.690. The van der Waals surface area contributed by atoms with Gasteiger partial charge in [0.25, 0.3) is 0 Å². The fourth-order valence-electron chi connectivity index (χ4n) is 6.85. The van der Waals surface area contributed by atoms with Crippen molar-refractivity contribution in [2.45, 2.75) is 322 Å². The summed E-state index contributed by atoms with van der Waals surface area (Å²) < 4.78 is 10.3. The Bertz CT molecular complexity index is 670. The van der Waals surface area contributed by atoms with E-state index in [1.165, 1.54) is 180 Å². The first-order chi connectivity index (χ1) is 31.6. The van der Waals surface area contributed by atoms with Crippen LogP contribution in [0.3, 0.4) is 0 Å². The van der Waals surface area contributed by atoms with Gasteiger partial charge in [0, 0.05) is 27.4 Å². The fourth-order valence-corrected chi connectivity index (χ4v) is 6.85. The van der Waals surface area contributed by atoms with Gasteiger partial charge in [-0.1, -0.05) is 284 Å². The van der Waals surface area contributed by atoms with E-state index in [2.05, 4.69) is 81.1 Å². The van der Waals surface area contributed by atoms with E-state index in [1.54, 1.807) is 7.11 Å². The Kier molecular flexibility index (Phi) is 108. The third-order valence-corrected chi connectivity index (χ3v) is 11.1. The van der Waals surface area contributed by atoms with Crippen LogP contribution >= 0.6 is 0 Å². The largest absolute Gasteiger partial charge is 0.465 e. The summed E-state index contributed by atoms with van der Waals surface area (Å²) in [6.07, 6.45) is 42.1. The van der Waals surface area contributed by atoms with Gasteiger partial charge in [0.2, 0.25) is 0 Å². The number of hydrogen-bond acceptors (Lipinski definition) is 6. The fraction of sp³-hybridized carbons (Fsp3) is 0.983. The molecule has 6 heteroatoms. The highest BCUT2D eigenvalue weighted by atomic mass is 16.5. The number of ether oxygens (including phenoxy) is 2. The SMILES string of the molecule is CC.CC.CCCCC.CCCCCCC(CCCCCC)C(=O)OCCCC.CCCCCCCCCCC(C)CCCCCC.CCCCCOC.CCN(CC)CC(C)O.CO. The van der Waals surface area contributed by atoms with Crippen LogP contribution < -0.4 is 0 Å². The Morgan fingerprint density at radius 1 is 0.431 bits per heavy atom. The van der Waals surface area contributed by atoms with Gasteiger partial charge in [0.1, 0.15) is 0 Å². The highest BCUT2D eigenvalue weighted by Crippen LogP contribution is 2.21. The van der Waals surface area contributed by atoms with Crippen molar-refractivity contribution in [3.05, 3.63) is 0 Å². The molecule has 2 atom stereocenters. The van der Waals surface area contributed by atoms with Crippen molar-refractivity contribution in [3.63, 3.8) is 0 Å². The molecule has 0 radical (unpaired) electrons. The monoisotopic (exact) mass is 936 g/mol. The summed E-state index contributed by atoms with van der Waals surface area (Å²) in [5.74, 6) is 1.19. The number of esters is 1. The number of rotatable bonds is 38. The lowest BCUT2D eigenvalue weighted by molar-refractivity contribution is -0.149. The maximum Gasteiger partial charge on any atom is 0.308 e. The second kappa shape index (κ2) is 86.5. The molecule has 0 rings (SSSR count). The molecule has 404 valence electrons. The van der Waals surface area contributed by atoms with Crippen LogP contribution in [0.2, 0.25) is 0 Å². The van der Waals surface area contributed by atoms with Crippen molar-refractivity contribution in [1.29, 1.82) is 0 Å². The van der Waals surface area contributed by atoms with E-state index in [4.69, 9.17) is 19.7 Å². The van der Waals surface area contributed by atoms with Crippen molar-refractivity contribution >= 4 is 5.97 Å². The molecule has 0 spiro atoms. The first-order valence-corrected chi connectivity index (χ1v) is 29.1. The second-order valence-corrected chi connectivity index (χ2v) is 17.5. The number of nitrogens with zero attached hydrogens (tertiary/aromatic N) is 1. The van der Waals surface area contributed by atoms with Gasteiger partial charge in [-0.2, -0.15) is 0 Å². The number of aliphatic hydroxyl groups excluding tert-OH is 2. The zero-order chi connectivity index (χ0) is 51.5. The number of carbonyl (C=O) groups is 1. The van der Waals surface area contributed by atoms with Crippen LogP contribution in [0, 0.1) is 11.8 Å². The smallest absolute Gasteiger partial charge is 0.308 e. The number of aliphatic hydroxyl groups is 2. The van der Waals surface area contributed by atoms with Crippen molar-refractivity contribution in [1.82, 2.24) is 4.90 Å². The molecule has 2 unspecified atom stereocenters. The number of unbranched alkanes of at least 4 members (excludes halogenated alkanes) is 21. The van der Waals surface area contributed by atoms with Crippen LogP contribution in [-0.4, -0.2) is 74.3 Å². The minimum Gasteiger partial charge on any atom is -0.465 e. The highest BCUT2D eigenvalue weighted by Gasteiger charge is 2.19. The van der Waals surface area contributed by atoms with Crippen molar-refractivity contribution in [2.75, 3.05) is 47.1 Å². The molecule has 2 N–H and O–H groups in total. The summed E-state index contributed by atoms with van der Waals surface area (Å²) >= 11 is 0. The zero-order valence-corrected chi connectivity index (χ0v) is 49.0. The Morgan fingerprint density at radius 3 is 1.03 bits per heavy atom. The van der Waals surface area contributed by atoms with Gasteiger partial charge in [-0.3, -0.25) is 4.79 Å². The molecule has 0 amide bonds. The summed E-state index contributed by atoms with van der Waals surface area (Å²) in [6.45, 7) is 38.6. The Labute approximate surface area is 415 Å². The Balaban J connectivity index is -0.000000109. The molecule has 0 fully saturated rings. The minimum absolute atomic E-state index is 0.0615. The van der Waals surface area contributed by atoms with E-state index >= 15 is 0 Å². The second-order valence-electron chi connectivity index (χ2n) is 17.5. The molecule has 0 aromatic heterocycles. The van der Waals surface area contributed by atoms with Crippen LogP contribution in [0.15, 0.2) is 0 Å². The summed E-state index contributed by atoms with van der Waals surface area (Å²) in [5.41, 5.74) is 0. The van der Waals surface area contributed by atoms with Crippen LogP contribution in [0.4, 0.5) is 0 Å². The van der Waals surface area contributed by atoms with Gasteiger partial charge in [-0.05, 0) is 51.6 Å². The van der Waals surface area contributed by atoms with Gasteiger partial charge in [0.05, 0.1) is 18.6 Å². The molecule has 6 nitrogen and oxygen atoms in total. The number of methoxy groups -OCH3 is 1. The van der Waals surface area contributed by atoms with Crippen LogP contribution in [0.5, 0.6) is 0 Å². The van der Waals surface area contributed by atoms with Crippen LogP contribution in [0.1, 0.15) is 316 Å². The highest BCUT2D eigenvalue weighted by molar-refractivity contribution is 5.72. The lowest BCUT2D eigenvalue weighted by atomic mass is 9.94. The number of likely N-dealkylation sites (N-methyl/N-ethyl adjacent to an activating group) is 1. The maximum atomic E-state index is 12.1. The molecular weight excluding hydrogens is 803 g/mol. The molecular formula is C59H133NO5. The Morgan fingerprint density at radius 2 is 0.738 bits per heavy atom.